The van der Waals surface area contributed by atoms with Crippen LogP contribution in [0.1, 0.15) is 28.5 Å². The Kier molecular flexibility index (Phi) is 5.13. The van der Waals surface area contributed by atoms with E-state index in [0.29, 0.717) is 37.7 Å². The van der Waals surface area contributed by atoms with Gasteiger partial charge in [-0.25, -0.2) is 18.4 Å². The number of aromatic nitrogens is 2. The van der Waals surface area contributed by atoms with E-state index in [0.717, 1.165) is 24.3 Å². The molecule has 1 fully saturated rings. The van der Waals surface area contributed by atoms with E-state index in [2.05, 4.69) is 14.9 Å². The van der Waals surface area contributed by atoms with Gasteiger partial charge in [-0.3, -0.25) is 4.79 Å². The minimum absolute atomic E-state index is 0.0943. The molecular formula is C19H22N4O4S. The topological polar surface area (TPSA) is 92.7 Å². The summed E-state index contributed by atoms with van der Waals surface area (Å²) < 4.78 is 32.9. The van der Waals surface area contributed by atoms with Gasteiger partial charge in [0.15, 0.2) is 5.78 Å². The molecule has 2 aliphatic heterocycles. The molecule has 28 heavy (non-hydrogen) atoms. The Morgan fingerprint density at radius 2 is 1.82 bits per heavy atom. The Labute approximate surface area is 164 Å². The van der Waals surface area contributed by atoms with Crippen molar-refractivity contribution in [2.24, 2.45) is 0 Å². The second-order valence-electron chi connectivity index (χ2n) is 6.91. The molecule has 9 heteroatoms. The highest BCUT2D eigenvalue weighted by atomic mass is 32.2. The van der Waals surface area contributed by atoms with Crippen LogP contribution >= 0.6 is 0 Å². The second-order valence-corrected chi connectivity index (χ2v) is 8.85. The summed E-state index contributed by atoms with van der Waals surface area (Å²) in [7, 11) is -3.66. The van der Waals surface area contributed by atoms with E-state index in [1.165, 1.54) is 23.4 Å². The highest BCUT2D eigenvalue weighted by molar-refractivity contribution is 7.89. The first-order valence-corrected chi connectivity index (χ1v) is 10.7. The number of morpholine rings is 1. The average molecular weight is 402 g/mol. The number of carbonyl (C=O) groups excluding carboxylic acids is 1. The molecule has 1 aromatic carbocycles. The van der Waals surface area contributed by atoms with Crippen molar-refractivity contribution in [2.75, 3.05) is 37.7 Å². The fourth-order valence-corrected chi connectivity index (χ4v) is 4.80. The SMILES string of the molecule is CC(=O)c1ccc(S(=O)(=O)N2CCc3cnc(N4CCOCC4)nc3C2)cc1. The molecule has 2 aliphatic rings. The predicted octanol–water partition coefficient (Wildman–Crippen LogP) is 1.26. The van der Waals surface area contributed by atoms with Crippen molar-refractivity contribution >= 4 is 21.8 Å². The van der Waals surface area contributed by atoms with Crippen LogP contribution in [0.2, 0.25) is 0 Å². The highest BCUT2D eigenvalue weighted by Gasteiger charge is 2.30. The predicted molar refractivity (Wildman–Crippen MR) is 103 cm³/mol. The van der Waals surface area contributed by atoms with Gasteiger partial charge in [-0.2, -0.15) is 4.31 Å². The van der Waals surface area contributed by atoms with Gasteiger partial charge in [-0.05, 0) is 31.0 Å². The maximum atomic E-state index is 13.0. The van der Waals surface area contributed by atoms with Crippen molar-refractivity contribution in [1.29, 1.82) is 0 Å². The standard InChI is InChI=1S/C19H22N4O4S/c1-14(24)15-2-4-17(5-3-15)28(25,26)23-7-6-16-12-20-19(21-18(16)13-23)22-8-10-27-11-9-22/h2-5,12H,6-11,13H2,1H3. The third-order valence-electron chi connectivity index (χ3n) is 5.09. The number of sulfonamides is 1. The molecule has 0 N–H and O–H groups in total. The van der Waals surface area contributed by atoms with Crippen LogP contribution in [0.3, 0.4) is 0 Å². The number of fused-ring (bicyclic) bond motifs is 1. The summed E-state index contributed by atoms with van der Waals surface area (Å²) in [5.74, 6) is 0.523. The first kappa shape index (κ1) is 19.0. The number of hydrogen-bond donors (Lipinski definition) is 0. The summed E-state index contributed by atoms with van der Waals surface area (Å²) in [5, 5.41) is 0. The van der Waals surface area contributed by atoms with Crippen molar-refractivity contribution in [1.82, 2.24) is 14.3 Å². The molecule has 1 saturated heterocycles. The van der Waals surface area contributed by atoms with E-state index < -0.39 is 10.0 Å². The molecule has 1 aromatic heterocycles. The molecule has 0 amide bonds. The molecule has 0 unspecified atom stereocenters. The summed E-state index contributed by atoms with van der Waals surface area (Å²) in [6.07, 6.45) is 2.38. The van der Waals surface area contributed by atoms with Crippen LogP contribution in [0.5, 0.6) is 0 Å². The minimum atomic E-state index is -3.66. The zero-order valence-electron chi connectivity index (χ0n) is 15.7. The fraction of sp³-hybridized carbons (Fsp3) is 0.421. The molecule has 2 aromatic rings. The van der Waals surface area contributed by atoms with Gasteiger partial charge in [0.1, 0.15) is 0 Å². The molecule has 0 saturated carbocycles. The first-order valence-electron chi connectivity index (χ1n) is 9.24. The summed E-state index contributed by atoms with van der Waals surface area (Å²) in [5.41, 5.74) is 2.22. The molecular weight excluding hydrogens is 380 g/mol. The summed E-state index contributed by atoms with van der Waals surface area (Å²) in [6, 6.07) is 6.07. The third kappa shape index (κ3) is 3.65. The monoisotopic (exact) mass is 402 g/mol. The number of nitrogens with zero attached hydrogens (tertiary/aromatic N) is 4. The van der Waals surface area contributed by atoms with Gasteiger partial charge >= 0.3 is 0 Å². The van der Waals surface area contributed by atoms with Crippen LogP contribution in [0.15, 0.2) is 35.4 Å². The summed E-state index contributed by atoms with van der Waals surface area (Å²) >= 11 is 0. The molecule has 0 atom stereocenters. The lowest BCUT2D eigenvalue weighted by Crippen LogP contribution is -2.39. The van der Waals surface area contributed by atoms with Gasteiger partial charge in [0.2, 0.25) is 16.0 Å². The number of ketones is 1. The van der Waals surface area contributed by atoms with Crippen LogP contribution < -0.4 is 4.90 Å². The zero-order chi connectivity index (χ0) is 19.7. The third-order valence-corrected chi connectivity index (χ3v) is 6.95. The molecule has 0 radical (unpaired) electrons. The number of benzene rings is 1. The van der Waals surface area contributed by atoms with E-state index in [-0.39, 0.29) is 17.2 Å². The summed E-state index contributed by atoms with van der Waals surface area (Å²) in [4.78, 5) is 22.7. The Morgan fingerprint density at radius 3 is 2.50 bits per heavy atom. The summed E-state index contributed by atoms with van der Waals surface area (Å²) in [6.45, 7) is 4.77. The van der Waals surface area contributed by atoms with Crippen molar-refractivity contribution < 1.29 is 17.9 Å². The maximum absolute atomic E-state index is 13.0. The number of hydrogen-bond acceptors (Lipinski definition) is 7. The van der Waals surface area contributed by atoms with Crippen LogP contribution in [-0.2, 0) is 27.7 Å². The van der Waals surface area contributed by atoms with E-state index in [4.69, 9.17) is 4.74 Å². The number of Topliss-reactive ketones (excluding diaryl/α,β-unsaturated/α-hetero) is 1. The van der Waals surface area contributed by atoms with Gasteiger partial charge < -0.3 is 9.64 Å². The lowest BCUT2D eigenvalue weighted by Gasteiger charge is -2.30. The van der Waals surface area contributed by atoms with E-state index in [1.54, 1.807) is 18.3 Å². The number of carbonyl (C=O) groups is 1. The Bertz CT molecular complexity index is 985. The largest absolute Gasteiger partial charge is 0.378 e. The molecule has 0 aliphatic carbocycles. The Morgan fingerprint density at radius 1 is 1.11 bits per heavy atom. The van der Waals surface area contributed by atoms with Crippen molar-refractivity contribution in [3.63, 3.8) is 0 Å². The minimum Gasteiger partial charge on any atom is -0.378 e. The van der Waals surface area contributed by atoms with Gasteiger partial charge in [0.05, 0.1) is 30.3 Å². The molecule has 4 rings (SSSR count). The van der Waals surface area contributed by atoms with Crippen LogP contribution in [0.4, 0.5) is 5.95 Å². The normalized spacial score (nSPS) is 18.0. The first-order chi connectivity index (χ1) is 13.4. The maximum Gasteiger partial charge on any atom is 0.243 e. The van der Waals surface area contributed by atoms with E-state index >= 15 is 0 Å². The van der Waals surface area contributed by atoms with Gasteiger partial charge in [0.25, 0.3) is 0 Å². The Hall–Kier alpha value is -2.36. The van der Waals surface area contributed by atoms with Gasteiger partial charge in [-0.15, -0.1) is 0 Å². The number of anilines is 1. The van der Waals surface area contributed by atoms with Gasteiger partial charge in [0, 0.05) is 31.4 Å². The van der Waals surface area contributed by atoms with Crippen molar-refractivity contribution in [3.05, 3.63) is 47.3 Å². The lowest BCUT2D eigenvalue weighted by atomic mass is 10.1. The lowest BCUT2D eigenvalue weighted by molar-refractivity contribution is 0.101. The van der Waals surface area contributed by atoms with Crippen LogP contribution in [0.25, 0.3) is 0 Å². The average Bonchev–Trinajstić information content (AvgIpc) is 2.73. The van der Waals surface area contributed by atoms with Crippen molar-refractivity contribution in [3.8, 4) is 0 Å². The molecule has 0 spiro atoms. The second kappa shape index (κ2) is 7.57. The van der Waals surface area contributed by atoms with E-state index in [1.807, 2.05) is 0 Å². The molecule has 148 valence electrons. The fourth-order valence-electron chi connectivity index (χ4n) is 3.40. The van der Waals surface area contributed by atoms with Crippen LogP contribution in [0, 0.1) is 0 Å². The quantitative estimate of drug-likeness (QED) is 0.711. The Balaban J connectivity index is 1.57. The van der Waals surface area contributed by atoms with E-state index in [9.17, 15) is 13.2 Å². The van der Waals surface area contributed by atoms with Crippen LogP contribution in [-0.4, -0.2) is 61.3 Å². The number of ether oxygens (including phenoxy) is 1. The van der Waals surface area contributed by atoms with Gasteiger partial charge in [-0.1, -0.05) is 12.1 Å². The van der Waals surface area contributed by atoms with Crippen molar-refractivity contribution in [2.45, 2.75) is 24.8 Å². The number of rotatable bonds is 4. The molecule has 8 nitrogen and oxygen atoms in total. The highest BCUT2D eigenvalue weighted by Crippen LogP contribution is 2.25. The zero-order valence-corrected chi connectivity index (χ0v) is 16.5. The molecule has 3 heterocycles. The molecule has 0 bridgehead atoms. The smallest absolute Gasteiger partial charge is 0.243 e.